The van der Waals surface area contributed by atoms with Crippen molar-refractivity contribution in [2.45, 2.75) is 30.5 Å². The molecule has 1 aliphatic heterocycles. The van der Waals surface area contributed by atoms with Gasteiger partial charge in [-0.1, -0.05) is 73.7 Å². The Kier molecular flexibility index (Phi) is 6.56. The maximum Gasteiger partial charge on any atom is 0.309 e. The Bertz CT molecular complexity index is 995. The molecule has 30 heavy (non-hydrogen) atoms. The summed E-state index contributed by atoms with van der Waals surface area (Å²) in [5, 5.41) is 8.99. The average Bonchev–Trinajstić information content (AvgIpc) is 2.75. The van der Waals surface area contributed by atoms with Gasteiger partial charge in [-0.25, -0.2) is 0 Å². The number of hydrogen-bond acceptors (Lipinski definition) is 3. The maximum atomic E-state index is 10.9. The molecule has 1 fully saturated rings. The van der Waals surface area contributed by atoms with E-state index in [-0.39, 0.29) is 5.92 Å². The third-order valence-corrected chi connectivity index (χ3v) is 6.87. The van der Waals surface area contributed by atoms with Gasteiger partial charge in [0.2, 0.25) is 0 Å². The second-order valence-corrected chi connectivity index (χ2v) is 8.89. The molecule has 3 aromatic rings. The zero-order valence-electron chi connectivity index (χ0n) is 17.3. The van der Waals surface area contributed by atoms with Crippen molar-refractivity contribution in [3.8, 4) is 11.1 Å². The standard InChI is InChI=1S/C26H27NO2S/c1-2-21-14-23(22-6-4-3-5-7-22)12-13-25(21)30-18-20-10-8-19(9-11-20)15-27-16-24(17-27)26(28)29/h3-14,24H,2,15-18H2,1H3,(H,28,29). The van der Waals surface area contributed by atoms with E-state index in [1.54, 1.807) is 0 Å². The fraction of sp³-hybridized carbons (Fsp3) is 0.269. The van der Waals surface area contributed by atoms with Gasteiger partial charge in [-0.05, 0) is 40.3 Å². The van der Waals surface area contributed by atoms with Crippen LogP contribution in [0.5, 0.6) is 0 Å². The number of rotatable bonds is 8. The normalized spacial score (nSPS) is 14.4. The van der Waals surface area contributed by atoms with Crippen molar-refractivity contribution in [1.29, 1.82) is 0 Å². The van der Waals surface area contributed by atoms with E-state index in [1.165, 1.54) is 32.7 Å². The number of nitrogens with zero attached hydrogens (tertiary/aromatic N) is 1. The highest BCUT2D eigenvalue weighted by molar-refractivity contribution is 7.98. The molecule has 0 atom stereocenters. The van der Waals surface area contributed by atoms with Gasteiger partial charge in [-0.3, -0.25) is 9.69 Å². The van der Waals surface area contributed by atoms with Crippen LogP contribution in [0.25, 0.3) is 11.1 Å². The molecule has 0 amide bonds. The lowest BCUT2D eigenvalue weighted by Gasteiger charge is -2.36. The van der Waals surface area contributed by atoms with E-state index in [4.69, 9.17) is 5.11 Å². The SMILES string of the molecule is CCc1cc(-c2ccccc2)ccc1SCc1ccc(CN2CC(C(=O)O)C2)cc1. The highest BCUT2D eigenvalue weighted by atomic mass is 32.2. The van der Waals surface area contributed by atoms with Crippen LogP contribution in [0.2, 0.25) is 0 Å². The largest absolute Gasteiger partial charge is 0.481 e. The Morgan fingerprint density at radius 2 is 1.67 bits per heavy atom. The zero-order valence-corrected chi connectivity index (χ0v) is 18.1. The number of aliphatic carboxylic acids is 1. The maximum absolute atomic E-state index is 10.9. The van der Waals surface area contributed by atoms with Crippen molar-refractivity contribution in [3.05, 3.63) is 89.5 Å². The van der Waals surface area contributed by atoms with Gasteiger partial charge < -0.3 is 5.11 Å². The summed E-state index contributed by atoms with van der Waals surface area (Å²) >= 11 is 1.89. The molecule has 0 bridgehead atoms. The van der Waals surface area contributed by atoms with Crippen LogP contribution in [-0.4, -0.2) is 29.1 Å². The Labute approximate surface area is 182 Å². The van der Waals surface area contributed by atoms with Crippen molar-refractivity contribution in [1.82, 2.24) is 4.90 Å². The molecule has 4 heteroatoms. The van der Waals surface area contributed by atoms with Crippen LogP contribution in [0.3, 0.4) is 0 Å². The van der Waals surface area contributed by atoms with E-state index >= 15 is 0 Å². The van der Waals surface area contributed by atoms with Gasteiger partial charge in [0.1, 0.15) is 0 Å². The van der Waals surface area contributed by atoms with Gasteiger partial charge in [0.05, 0.1) is 5.92 Å². The van der Waals surface area contributed by atoms with Gasteiger partial charge in [0.15, 0.2) is 0 Å². The first-order valence-electron chi connectivity index (χ1n) is 10.5. The summed E-state index contributed by atoms with van der Waals surface area (Å²) < 4.78 is 0. The molecular weight excluding hydrogens is 390 g/mol. The van der Waals surface area contributed by atoms with Gasteiger partial charge in [0.25, 0.3) is 0 Å². The van der Waals surface area contributed by atoms with Crippen molar-refractivity contribution in [2.75, 3.05) is 13.1 Å². The van der Waals surface area contributed by atoms with Crippen LogP contribution in [0.4, 0.5) is 0 Å². The fourth-order valence-electron chi connectivity index (χ4n) is 3.82. The number of benzene rings is 3. The number of aryl methyl sites for hydroxylation is 1. The number of likely N-dealkylation sites (tertiary alicyclic amines) is 1. The third-order valence-electron chi connectivity index (χ3n) is 5.68. The Morgan fingerprint density at radius 1 is 0.967 bits per heavy atom. The van der Waals surface area contributed by atoms with Crippen LogP contribution >= 0.6 is 11.8 Å². The average molecular weight is 418 g/mol. The monoisotopic (exact) mass is 417 g/mol. The molecule has 1 saturated heterocycles. The molecule has 1 N–H and O–H groups in total. The summed E-state index contributed by atoms with van der Waals surface area (Å²) in [4.78, 5) is 14.5. The molecular formula is C26H27NO2S. The first-order valence-corrected chi connectivity index (χ1v) is 11.4. The molecule has 3 nitrogen and oxygen atoms in total. The van der Waals surface area contributed by atoms with Crippen LogP contribution in [0.15, 0.2) is 77.7 Å². The number of carbonyl (C=O) groups is 1. The summed E-state index contributed by atoms with van der Waals surface area (Å²) in [7, 11) is 0. The van der Waals surface area contributed by atoms with Crippen molar-refractivity contribution >= 4 is 17.7 Å². The highest BCUT2D eigenvalue weighted by Crippen LogP contribution is 2.31. The molecule has 154 valence electrons. The van der Waals surface area contributed by atoms with Gasteiger partial charge in [-0.15, -0.1) is 11.8 Å². The minimum atomic E-state index is -0.679. The third kappa shape index (κ3) is 4.94. The van der Waals surface area contributed by atoms with E-state index in [9.17, 15) is 4.79 Å². The Morgan fingerprint density at radius 3 is 2.33 bits per heavy atom. The Hall–Kier alpha value is -2.56. The zero-order chi connectivity index (χ0) is 20.9. The summed E-state index contributed by atoms with van der Waals surface area (Å²) in [6, 6.07) is 26.1. The second-order valence-electron chi connectivity index (χ2n) is 7.88. The van der Waals surface area contributed by atoms with E-state index in [0.717, 1.165) is 18.7 Å². The molecule has 0 aromatic heterocycles. The molecule has 0 spiro atoms. The van der Waals surface area contributed by atoms with Crippen molar-refractivity contribution < 1.29 is 9.90 Å². The molecule has 0 radical (unpaired) electrons. The molecule has 0 unspecified atom stereocenters. The topological polar surface area (TPSA) is 40.5 Å². The van der Waals surface area contributed by atoms with Crippen LogP contribution in [0, 0.1) is 5.92 Å². The summed E-state index contributed by atoms with van der Waals surface area (Å²) in [6.07, 6.45) is 1.02. The van der Waals surface area contributed by atoms with Crippen LogP contribution in [0.1, 0.15) is 23.6 Å². The van der Waals surface area contributed by atoms with Crippen molar-refractivity contribution in [2.24, 2.45) is 5.92 Å². The predicted octanol–water partition coefficient (Wildman–Crippen LogP) is 5.72. The molecule has 1 aliphatic rings. The number of carboxylic acids is 1. The lowest BCUT2D eigenvalue weighted by Crippen LogP contribution is -2.49. The van der Waals surface area contributed by atoms with Gasteiger partial charge in [0, 0.05) is 30.3 Å². The minimum Gasteiger partial charge on any atom is -0.481 e. The van der Waals surface area contributed by atoms with E-state index in [1.807, 2.05) is 11.8 Å². The first-order chi connectivity index (χ1) is 14.6. The minimum absolute atomic E-state index is 0.193. The summed E-state index contributed by atoms with van der Waals surface area (Å²) in [5.74, 6) is 0.0755. The van der Waals surface area contributed by atoms with E-state index in [2.05, 4.69) is 84.6 Å². The van der Waals surface area contributed by atoms with Crippen LogP contribution in [-0.2, 0) is 23.5 Å². The molecule has 1 heterocycles. The lowest BCUT2D eigenvalue weighted by molar-refractivity contribution is -0.147. The highest BCUT2D eigenvalue weighted by Gasteiger charge is 2.32. The Balaban J connectivity index is 1.35. The van der Waals surface area contributed by atoms with Gasteiger partial charge in [-0.2, -0.15) is 0 Å². The smallest absolute Gasteiger partial charge is 0.309 e. The number of carboxylic acid groups (broad SMARTS) is 1. The number of thioether (sulfide) groups is 1. The predicted molar refractivity (Wildman–Crippen MR) is 124 cm³/mol. The first kappa shape index (κ1) is 20.7. The van der Waals surface area contributed by atoms with Crippen molar-refractivity contribution in [3.63, 3.8) is 0 Å². The summed E-state index contributed by atoms with van der Waals surface area (Å²) in [5.41, 5.74) is 6.48. The second kappa shape index (κ2) is 9.50. The quantitative estimate of drug-likeness (QED) is 0.476. The molecule has 0 aliphatic carbocycles. The summed E-state index contributed by atoms with van der Waals surface area (Å²) in [6.45, 7) is 4.36. The number of hydrogen-bond donors (Lipinski definition) is 1. The van der Waals surface area contributed by atoms with Crippen LogP contribution < -0.4 is 0 Å². The fourth-order valence-corrected chi connectivity index (χ4v) is 4.89. The lowest BCUT2D eigenvalue weighted by atomic mass is 9.99. The van der Waals surface area contributed by atoms with Gasteiger partial charge >= 0.3 is 5.97 Å². The van der Waals surface area contributed by atoms with E-state index < -0.39 is 5.97 Å². The van der Waals surface area contributed by atoms with E-state index in [0.29, 0.717) is 13.1 Å². The molecule has 3 aromatic carbocycles. The molecule has 4 rings (SSSR count). The molecule has 0 saturated carbocycles.